The van der Waals surface area contributed by atoms with Crippen LogP contribution in [0.15, 0.2) is 12.4 Å². The summed E-state index contributed by atoms with van der Waals surface area (Å²) in [5, 5.41) is 4.27. The van der Waals surface area contributed by atoms with Crippen LogP contribution in [0.25, 0.3) is 5.52 Å². The lowest BCUT2D eigenvalue weighted by Crippen LogP contribution is -2.42. The highest BCUT2D eigenvalue weighted by molar-refractivity contribution is 6.00. The maximum atomic E-state index is 12.4. The second kappa shape index (κ2) is 7.05. The molecule has 0 spiro atoms. The van der Waals surface area contributed by atoms with E-state index in [9.17, 15) is 9.59 Å². The Hall–Kier alpha value is -2.84. The fraction of sp³-hybridized carbons (Fsp3) is 0.556. The van der Waals surface area contributed by atoms with Crippen molar-refractivity contribution in [1.82, 2.24) is 19.5 Å². The minimum Gasteiger partial charge on any atom is -0.465 e. The summed E-state index contributed by atoms with van der Waals surface area (Å²) in [6.45, 7) is 6.64. The molecule has 27 heavy (non-hydrogen) atoms. The normalized spacial score (nSPS) is 17.8. The number of carbonyl (C=O) groups is 2. The molecule has 0 aliphatic carbocycles. The SMILES string of the molecule is COC(=O)c1cc(C2CCCN(C(=O)OC(C)(C)C)C2)n2ncnc(N)c12. The number of hydrogen-bond acceptors (Lipinski definition) is 7. The first-order valence-electron chi connectivity index (χ1n) is 8.89. The van der Waals surface area contributed by atoms with Gasteiger partial charge in [0.15, 0.2) is 5.82 Å². The zero-order valence-corrected chi connectivity index (χ0v) is 16.1. The summed E-state index contributed by atoms with van der Waals surface area (Å²) in [5.74, 6) is -0.303. The highest BCUT2D eigenvalue weighted by atomic mass is 16.6. The maximum absolute atomic E-state index is 12.4. The first-order chi connectivity index (χ1) is 12.7. The number of nitrogen functional groups attached to an aromatic ring is 1. The molecule has 0 radical (unpaired) electrons. The average molecular weight is 375 g/mol. The Morgan fingerprint density at radius 2 is 2.07 bits per heavy atom. The van der Waals surface area contributed by atoms with Crippen molar-refractivity contribution in [1.29, 1.82) is 0 Å². The molecule has 146 valence electrons. The van der Waals surface area contributed by atoms with Gasteiger partial charge in [-0.2, -0.15) is 5.10 Å². The monoisotopic (exact) mass is 375 g/mol. The number of nitrogens with zero attached hydrogens (tertiary/aromatic N) is 4. The third-order valence-corrected chi connectivity index (χ3v) is 4.51. The van der Waals surface area contributed by atoms with Crippen LogP contribution in [0.4, 0.5) is 10.6 Å². The van der Waals surface area contributed by atoms with Crippen molar-refractivity contribution < 1.29 is 19.1 Å². The molecule has 3 heterocycles. The zero-order chi connectivity index (χ0) is 19.8. The van der Waals surface area contributed by atoms with E-state index in [1.807, 2.05) is 20.8 Å². The van der Waals surface area contributed by atoms with Crippen LogP contribution in [0.2, 0.25) is 0 Å². The highest BCUT2D eigenvalue weighted by Gasteiger charge is 2.31. The van der Waals surface area contributed by atoms with E-state index in [0.29, 0.717) is 24.2 Å². The second-order valence-electron chi connectivity index (χ2n) is 7.65. The van der Waals surface area contributed by atoms with Gasteiger partial charge in [-0.15, -0.1) is 0 Å². The molecule has 1 aliphatic rings. The lowest BCUT2D eigenvalue weighted by atomic mass is 9.95. The number of likely N-dealkylation sites (tertiary alicyclic amines) is 1. The van der Waals surface area contributed by atoms with Crippen LogP contribution in [0.3, 0.4) is 0 Å². The fourth-order valence-corrected chi connectivity index (χ4v) is 3.36. The molecule has 9 heteroatoms. The smallest absolute Gasteiger partial charge is 0.410 e. The van der Waals surface area contributed by atoms with Gasteiger partial charge in [-0.3, -0.25) is 0 Å². The summed E-state index contributed by atoms with van der Waals surface area (Å²) in [6, 6.07) is 1.73. The molecule has 0 aromatic carbocycles. The lowest BCUT2D eigenvalue weighted by molar-refractivity contribution is 0.0196. The Labute approximate surface area is 157 Å². The molecule has 0 bridgehead atoms. The zero-order valence-electron chi connectivity index (χ0n) is 16.1. The Bertz CT molecular complexity index is 870. The van der Waals surface area contributed by atoms with E-state index in [4.69, 9.17) is 15.2 Å². The molecule has 2 N–H and O–H groups in total. The first kappa shape index (κ1) is 18.9. The number of rotatable bonds is 2. The van der Waals surface area contributed by atoms with Gasteiger partial charge < -0.3 is 20.1 Å². The van der Waals surface area contributed by atoms with Crippen molar-refractivity contribution in [3.05, 3.63) is 23.7 Å². The van der Waals surface area contributed by atoms with Crippen molar-refractivity contribution in [2.45, 2.75) is 45.1 Å². The minimum absolute atomic E-state index is 0.00789. The van der Waals surface area contributed by atoms with Gasteiger partial charge >= 0.3 is 12.1 Å². The lowest BCUT2D eigenvalue weighted by Gasteiger charge is -2.34. The molecule has 9 nitrogen and oxygen atoms in total. The van der Waals surface area contributed by atoms with Gasteiger partial charge in [-0.05, 0) is 39.7 Å². The van der Waals surface area contributed by atoms with Gasteiger partial charge in [-0.1, -0.05) is 0 Å². The summed E-state index contributed by atoms with van der Waals surface area (Å²) in [5.41, 5.74) is 6.97. The Morgan fingerprint density at radius 1 is 1.33 bits per heavy atom. The van der Waals surface area contributed by atoms with Crippen LogP contribution in [0.5, 0.6) is 0 Å². The molecule has 1 atom stereocenters. The van der Waals surface area contributed by atoms with Crippen molar-refractivity contribution in [2.24, 2.45) is 0 Å². The summed E-state index contributed by atoms with van der Waals surface area (Å²) in [7, 11) is 1.32. The van der Waals surface area contributed by atoms with Gasteiger partial charge in [0.25, 0.3) is 0 Å². The number of piperidine rings is 1. The molecule has 0 saturated carbocycles. The molecule has 1 amide bonds. The third kappa shape index (κ3) is 3.81. The van der Waals surface area contributed by atoms with E-state index in [-0.39, 0.29) is 17.8 Å². The standard InChI is InChI=1S/C18H25N5O4/c1-18(2,3)27-17(25)22-7-5-6-11(9-22)13-8-12(16(24)26-4)14-15(19)20-10-21-23(13)14/h8,10-11H,5-7,9H2,1-4H3,(H2,19,20,21). The van der Waals surface area contributed by atoms with Gasteiger partial charge in [-0.25, -0.2) is 19.1 Å². The van der Waals surface area contributed by atoms with E-state index in [1.54, 1.807) is 15.5 Å². The molecule has 1 unspecified atom stereocenters. The van der Waals surface area contributed by atoms with Gasteiger partial charge in [0.1, 0.15) is 17.4 Å². The Morgan fingerprint density at radius 3 is 2.74 bits per heavy atom. The number of hydrogen-bond donors (Lipinski definition) is 1. The van der Waals surface area contributed by atoms with E-state index in [2.05, 4.69) is 10.1 Å². The number of fused-ring (bicyclic) bond motifs is 1. The van der Waals surface area contributed by atoms with Crippen molar-refractivity contribution >= 4 is 23.4 Å². The van der Waals surface area contributed by atoms with E-state index in [1.165, 1.54) is 13.4 Å². The minimum atomic E-state index is -0.550. The van der Waals surface area contributed by atoms with Crippen LogP contribution in [-0.4, -0.2) is 57.4 Å². The quantitative estimate of drug-likeness (QED) is 0.801. The van der Waals surface area contributed by atoms with Gasteiger partial charge in [0.05, 0.1) is 12.7 Å². The molecular formula is C18H25N5O4. The number of amides is 1. The Kier molecular flexibility index (Phi) is 4.95. The largest absolute Gasteiger partial charge is 0.465 e. The molecule has 1 saturated heterocycles. The third-order valence-electron chi connectivity index (χ3n) is 4.51. The molecule has 1 aliphatic heterocycles. The van der Waals surface area contributed by atoms with Crippen molar-refractivity contribution in [2.75, 3.05) is 25.9 Å². The van der Waals surface area contributed by atoms with E-state index >= 15 is 0 Å². The highest BCUT2D eigenvalue weighted by Crippen LogP contribution is 2.32. The predicted octanol–water partition coefficient (Wildman–Crippen LogP) is 2.21. The number of anilines is 1. The summed E-state index contributed by atoms with van der Waals surface area (Å²) < 4.78 is 12.0. The molecule has 3 rings (SSSR count). The fourth-order valence-electron chi connectivity index (χ4n) is 3.36. The molecule has 2 aromatic heterocycles. The predicted molar refractivity (Wildman–Crippen MR) is 98.5 cm³/mol. The van der Waals surface area contributed by atoms with Crippen molar-refractivity contribution in [3.63, 3.8) is 0 Å². The number of nitrogens with two attached hydrogens (primary N) is 1. The number of esters is 1. The summed E-state index contributed by atoms with van der Waals surface area (Å²) in [4.78, 5) is 30.3. The van der Waals surface area contributed by atoms with Crippen molar-refractivity contribution in [3.8, 4) is 0 Å². The van der Waals surface area contributed by atoms with Gasteiger partial charge in [0.2, 0.25) is 0 Å². The Balaban J connectivity index is 1.94. The molecule has 2 aromatic rings. The molecule has 1 fully saturated rings. The van der Waals surface area contributed by atoms with E-state index in [0.717, 1.165) is 18.5 Å². The van der Waals surface area contributed by atoms with Crippen LogP contribution in [0.1, 0.15) is 55.6 Å². The van der Waals surface area contributed by atoms with Crippen LogP contribution >= 0.6 is 0 Å². The van der Waals surface area contributed by atoms with E-state index < -0.39 is 11.6 Å². The molecular weight excluding hydrogens is 350 g/mol. The number of aromatic nitrogens is 3. The average Bonchev–Trinajstić information content (AvgIpc) is 3.01. The topological polar surface area (TPSA) is 112 Å². The van der Waals surface area contributed by atoms with Crippen LogP contribution < -0.4 is 5.73 Å². The first-order valence-corrected chi connectivity index (χ1v) is 8.89. The second-order valence-corrected chi connectivity index (χ2v) is 7.65. The number of carbonyl (C=O) groups excluding carboxylic acids is 2. The van der Waals surface area contributed by atoms with Crippen LogP contribution in [0, 0.1) is 0 Å². The summed E-state index contributed by atoms with van der Waals surface area (Å²) in [6.07, 6.45) is 2.69. The van der Waals surface area contributed by atoms with Crippen LogP contribution in [-0.2, 0) is 9.47 Å². The van der Waals surface area contributed by atoms with Gasteiger partial charge in [0, 0.05) is 24.7 Å². The number of ether oxygens (including phenoxy) is 2. The maximum Gasteiger partial charge on any atom is 0.410 e. The number of methoxy groups -OCH3 is 1. The summed E-state index contributed by atoms with van der Waals surface area (Å²) >= 11 is 0.